The van der Waals surface area contributed by atoms with Crippen LogP contribution in [0.2, 0.25) is 0 Å². The van der Waals surface area contributed by atoms with Crippen LogP contribution in [0.25, 0.3) is 0 Å². The number of aromatic nitrogens is 2. The van der Waals surface area contributed by atoms with Gasteiger partial charge in [-0.15, -0.1) is 0 Å². The van der Waals surface area contributed by atoms with Crippen molar-refractivity contribution in [2.75, 3.05) is 20.2 Å². The molecule has 31 heavy (non-hydrogen) atoms. The van der Waals surface area contributed by atoms with E-state index in [1.54, 1.807) is 17.9 Å². The number of amides is 2. The molecule has 2 aromatic rings. The molecule has 164 valence electrons. The van der Waals surface area contributed by atoms with Gasteiger partial charge in [0, 0.05) is 44.8 Å². The minimum atomic E-state index is 0.00557. The van der Waals surface area contributed by atoms with Gasteiger partial charge < -0.3 is 14.5 Å². The number of hydrogen-bond acceptors (Lipinski definition) is 4. The smallest absolute Gasteiger partial charge is 0.274 e. The fraction of sp³-hybridized carbons (Fsp3) is 0.542. The zero-order chi connectivity index (χ0) is 21.5. The Kier molecular flexibility index (Phi) is 5.20. The van der Waals surface area contributed by atoms with Crippen LogP contribution in [0.1, 0.15) is 41.7 Å². The number of carbonyl (C=O) groups excluding carboxylic acids is 2. The Hall–Kier alpha value is -2.83. The second-order valence-corrected chi connectivity index (χ2v) is 9.22. The van der Waals surface area contributed by atoms with Crippen molar-refractivity contribution in [3.05, 3.63) is 47.8 Å². The normalized spacial score (nSPS) is 27.7. The van der Waals surface area contributed by atoms with Crippen molar-refractivity contribution < 1.29 is 14.3 Å². The summed E-state index contributed by atoms with van der Waals surface area (Å²) >= 11 is 0. The first kappa shape index (κ1) is 20.1. The minimum Gasteiger partial charge on any atom is -0.497 e. The Balaban J connectivity index is 1.44. The number of aryl methyl sites for hydroxylation is 1. The van der Waals surface area contributed by atoms with E-state index >= 15 is 0 Å². The Bertz CT molecular complexity index is 987. The van der Waals surface area contributed by atoms with Crippen LogP contribution in [0, 0.1) is 11.8 Å². The molecule has 7 nitrogen and oxygen atoms in total. The average molecular weight is 423 g/mol. The molecule has 0 unspecified atom stereocenters. The van der Waals surface area contributed by atoms with Crippen molar-refractivity contribution in [1.29, 1.82) is 0 Å². The van der Waals surface area contributed by atoms with Crippen LogP contribution in [0.3, 0.4) is 0 Å². The Morgan fingerprint density at radius 1 is 1.23 bits per heavy atom. The Morgan fingerprint density at radius 2 is 2.06 bits per heavy atom. The molecule has 3 fully saturated rings. The van der Waals surface area contributed by atoms with Gasteiger partial charge in [0.25, 0.3) is 5.91 Å². The molecule has 3 aliphatic rings. The van der Waals surface area contributed by atoms with E-state index in [2.05, 4.69) is 22.1 Å². The van der Waals surface area contributed by atoms with Crippen LogP contribution in [0.4, 0.5) is 0 Å². The molecule has 1 aromatic heterocycles. The third kappa shape index (κ3) is 3.70. The molecular weight excluding hydrogens is 392 g/mol. The number of nitrogens with zero attached hydrogens (tertiary/aromatic N) is 4. The second kappa shape index (κ2) is 8.02. The molecule has 4 heterocycles. The maximum Gasteiger partial charge on any atom is 0.274 e. The average Bonchev–Trinajstić information content (AvgIpc) is 3.22. The van der Waals surface area contributed by atoms with Crippen LogP contribution >= 0.6 is 0 Å². The molecule has 0 spiro atoms. The van der Waals surface area contributed by atoms with Gasteiger partial charge in [-0.3, -0.25) is 14.3 Å². The van der Waals surface area contributed by atoms with E-state index in [1.165, 1.54) is 5.56 Å². The van der Waals surface area contributed by atoms with Crippen LogP contribution in [-0.4, -0.2) is 63.7 Å². The zero-order valence-electron chi connectivity index (χ0n) is 18.2. The Labute approximate surface area is 183 Å². The minimum absolute atomic E-state index is 0.00557. The van der Waals surface area contributed by atoms with Crippen molar-refractivity contribution in [3.8, 4) is 5.75 Å². The van der Waals surface area contributed by atoms with Gasteiger partial charge in [-0.25, -0.2) is 0 Å². The van der Waals surface area contributed by atoms with E-state index in [0.29, 0.717) is 31.1 Å². The summed E-state index contributed by atoms with van der Waals surface area (Å²) in [7, 11) is 3.51. The maximum atomic E-state index is 13.2. The molecule has 4 atom stereocenters. The topological polar surface area (TPSA) is 67.7 Å². The zero-order valence-corrected chi connectivity index (χ0v) is 18.2. The van der Waals surface area contributed by atoms with E-state index in [9.17, 15) is 9.59 Å². The lowest BCUT2D eigenvalue weighted by Gasteiger charge is -2.56. The number of rotatable bonds is 4. The number of fused-ring (bicyclic) bond motifs is 4. The predicted octanol–water partition coefficient (Wildman–Crippen LogP) is 2.51. The lowest BCUT2D eigenvalue weighted by atomic mass is 9.70. The number of methoxy groups -OCH3 is 1. The predicted molar refractivity (Wildman–Crippen MR) is 116 cm³/mol. The number of benzene rings is 1. The summed E-state index contributed by atoms with van der Waals surface area (Å²) in [6, 6.07) is 10.3. The first-order valence-electron chi connectivity index (χ1n) is 11.3. The molecule has 0 saturated carbocycles. The molecule has 5 rings (SSSR count). The summed E-state index contributed by atoms with van der Waals surface area (Å²) in [6.07, 6.45) is 6.30. The van der Waals surface area contributed by atoms with Crippen molar-refractivity contribution in [2.24, 2.45) is 18.9 Å². The Morgan fingerprint density at radius 3 is 2.84 bits per heavy atom. The summed E-state index contributed by atoms with van der Waals surface area (Å²) in [5, 5.41) is 4.33. The van der Waals surface area contributed by atoms with Gasteiger partial charge >= 0.3 is 0 Å². The number of likely N-dealkylation sites (tertiary alicyclic amines) is 1. The van der Waals surface area contributed by atoms with E-state index in [-0.39, 0.29) is 29.8 Å². The molecule has 2 bridgehead atoms. The molecule has 0 N–H and O–H groups in total. The summed E-state index contributed by atoms with van der Waals surface area (Å²) in [5.74, 6) is 1.74. The van der Waals surface area contributed by atoms with Gasteiger partial charge in [0.1, 0.15) is 11.4 Å². The summed E-state index contributed by atoms with van der Waals surface area (Å²) < 4.78 is 7.08. The van der Waals surface area contributed by atoms with E-state index < -0.39 is 0 Å². The van der Waals surface area contributed by atoms with E-state index in [4.69, 9.17) is 4.74 Å². The molecule has 3 saturated heterocycles. The lowest BCUT2D eigenvalue weighted by molar-refractivity contribution is -0.151. The molecule has 2 amide bonds. The number of hydrogen-bond donors (Lipinski definition) is 0. The number of piperidine rings is 3. The molecule has 1 aromatic carbocycles. The van der Waals surface area contributed by atoms with E-state index in [0.717, 1.165) is 31.4 Å². The fourth-order valence-electron chi connectivity index (χ4n) is 5.94. The van der Waals surface area contributed by atoms with Gasteiger partial charge in [0.2, 0.25) is 5.91 Å². The van der Waals surface area contributed by atoms with Gasteiger partial charge in [0.15, 0.2) is 0 Å². The highest BCUT2D eigenvalue weighted by molar-refractivity contribution is 5.92. The van der Waals surface area contributed by atoms with Crippen molar-refractivity contribution in [3.63, 3.8) is 0 Å². The fourth-order valence-corrected chi connectivity index (χ4v) is 5.94. The summed E-state index contributed by atoms with van der Waals surface area (Å²) in [4.78, 5) is 30.4. The lowest BCUT2D eigenvalue weighted by Crippen LogP contribution is -2.66. The highest BCUT2D eigenvalue weighted by Gasteiger charge is 2.50. The van der Waals surface area contributed by atoms with Crippen molar-refractivity contribution in [1.82, 2.24) is 19.6 Å². The van der Waals surface area contributed by atoms with Gasteiger partial charge in [0.05, 0.1) is 7.11 Å². The van der Waals surface area contributed by atoms with Crippen LogP contribution in [-0.2, 0) is 18.3 Å². The van der Waals surface area contributed by atoms with E-state index in [1.807, 2.05) is 30.3 Å². The standard InChI is InChI=1S/C24H30N4O3/c1-26-10-9-20(25-26)24(30)27-14-17-13-18(15-27)22(28-21(17)7-4-8-23(28)29)12-16-5-3-6-19(11-16)31-2/h3,5-6,9-11,17-18,21-22H,4,7-8,12-15H2,1-2H3/t17-,18+,21+,22+/m1/s1. The molecule has 0 aliphatic carbocycles. The third-order valence-electron chi connectivity index (χ3n) is 7.30. The van der Waals surface area contributed by atoms with Crippen LogP contribution in [0.15, 0.2) is 36.5 Å². The third-order valence-corrected chi connectivity index (χ3v) is 7.30. The molecular formula is C24H30N4O3. The SMILES string of the molecule is COc1cccc(C[C@H]2[C@H]3C[C@H](CN(C(=O)c4ccn(C)n4)C3)[C@@H]3CCCC(=O)N32)c1. The highest BCUT2D eigenvalue weighted by Crippen LogP contribution is 2.43. The summed E-state index contributed by atoms with van der Waals surface area (Å²) in [6.45, 7) is 1.39. The van der Waals surface area contributed by atoms with Crippen LogP contribution in [0.5, 0.6) is 5.75 Å². The van der Waals surface area contributed by atoms with Gasteiger partial charge in [-0.1, -0.05) is 12.1 Å². The number of carbonyl (C=O) groups is 2. The molecule has 3 aliphatic heterocycles. The van der Waals surface area contributed by atoms with Gasteiger partial charge in [-0.2, -0.15) is 5.10 Å². The summed E-state index contributed by atoms with van der Waals surface area (Å²) in [5.41, 5.74) is 1.68. The highest BCUT2D eigenvalue weighted by atomic mass is 16.5. The second-order valence-electron chi connectivity index (χ2n) is 9.22. The largest absolute Gasteiger partial charge is 0.497 e. The maximum absolute atomic E-state index is 13.2. The number of ether oxygens (including phenoxy) is 1. The monoisotopic (exact) mass is 422 g/mol. The molecule has 7 heteroatoms. The van der Waals surface area contributed by atoms with Crippen molar-refractivity contribution in [2.45, 2.75) is 44.2 Å². The van der Waals surface area contributed by atoms with Crippen molar-refractivity contribution >= 4 is 11.8 Å². The van der Waals surface area contributed by atoms with Crippen LogP contribution < -0.4 is 4.74 Å². The first-order valence-corrected chi connectivity index (χ1v) is 11.3. The first-order chi connectivity index (χ1) is 15.0. The quantitative estimate of drug-likeness (QED) is 0.759. The van der Waals surface area contributed by atoms with Gasteiger partial charge in [-0.05, 0) is 61.3 Å². The molecule has 0 radical (unpaired) electrons.